The molecule has 17 heavy (non-hydrogen) atoms. The van der Waals surface area contributed by atoms with Crippen molar-refractivity contribution in [2.45, 2.75) is 24.8 Å². The quantitative estimate of drug-likeness (QED) is 0.871. The molecule has 0 aliphatic carbocycles. The van der Waals surface area contributed by atoms with E-state index in [4.69, 9.17) is 4.74 Å². The van der Waals surface area contributed by atoms with Gasteiger partial charge in [-0.1, -0.05) is 28.1 Å². The lowest BCUT2D eigenvalue weighted by Gasteiger charge is -2.22. The lowest BCUT2D eigenvalue weighted by Crippen LogP contribution is -2.34. The van der Waals surface area contributed by atoms with Gasteiger partial charge in [0.15, 0.2) is 0 Å². The highest BCUT2D eigenvalue weighted by molar-refractivity contribution is 9.10. The van der Waals surface area contributed by atoms with E-state index in [-0.39, 0.29) is 17.9 Å². The number of ether oxygens (including phenoxy) is 1. The van der Waals surface area contributed by atoms with Gasteiger partial charge in [-0.15, -0.1) is 0 Å². The van der Waals surface area contributed by atoms with Gasteiger partial charge in [-0.05, 0) is 37.1 Å². The molecule has 1 heterocycles. The summed E-state index contributed by atoms with van der Waals surface area (Å²) in [5.74, 6) is -0.373. The molecule has 0 spiro atoms. The summed E-state index contributed by atoms with van der Waals surface area (Å²) < 4.78 is 5.91. The fourth-order valence-electron chi connectivity index (χ4n) is 2.36. The van der Waals surface area contributed by atoms with E-state index in [1.54, 1.807) is 0 Å². The van der Waals surface area contributed by atoms with Crippen LogP contribution in [0.4, 0.5) is 0 Å². The first-order valence-corrected chi connectivity index (χ1v) is 6.58. The second-order valence-corrected chi connectivity index (χ2v) is 5.17. The monoisotopic (exact) mass is 297 g/mol. The molecular weight excluding hydrogens is 282 g/mol. The number of halogens is 1. The van der Waals surface area contributed by atoms with Crippen LogP contribution in [0.3, 0.4) is 0 Å². The second kappa shape index (κ2) is 5.65. The Morgan fingerprint density at radius 1 is 1.59 bits per heavy atom. The number of carbonyl (C=O) groups is 1. The highest BCUT2D eigenvalue weighted by Crippen LogP contribution is 2.28. The molecule has 0 unspecified atom stereocenters. The number of rotatable bonds is 3. The molecule has 4 heteroatoms. The number of hydrogen-bond acceptors (Lipinski definition) is 3. The molecule has 3 nitrogen and oxygen atoms in total. The van der Waals surface area contributed by atoms with Crippen molar-refractivity contribution < 1.29 is 9.53 Å². The maximum absolute atomic E-state index is 11.9. The van der Waals surface area contributed by atoms with Gasteiger partial charge in [0.2, 0.25) is 0 Å². The fourth-order valence-corrected chi connectivity index (χ4v) is 2.77. The first kappa shape index (κ1) is 12.6. The zero-order valence-corrected chi connectivity index (χ0v) is 11.4. The van der Waals surface area contributed by atoms with Gasteiger partial charge >= 0.3 is 5.97 Å². The van der Waals surface area contributed by atoms with Crippen molar-refractivity contribution in [2.75, 3.05) is 13.7 Å². The molecule has 2 rings (SSSR count). The molecule has 1 aliphatic rings. The third-order valence-electron chi connectivity index (χ3n) is 3.16. The van der Waals surface area contributed by atoms with Gasteiger partial charge in [0.25, 0.3) is 0 Å². The highest BCUT2D eigenvalue weighted by atomic mass is 79.9. The maximum atomic E-state index is 11.9. The van der Waals surface area contributed by atoms with E-state index in [2.05, 4.69) is 21.2 Å². The largest absolute Gasteiger partial charge is 0.469 e. The van der Waals surface area contributed by atoms with Gasteiger partial charge in [0, 0.05) is 10.5 Å². The Morgan fingerprint density at radius 2 is 2.41 bits per heavy atom. The Kier molecular flexibility index (Phi) is 4.18. The second-order valence-electron chi connectivity index (χ2n) is 4.26. The van der Waals surface area contributed by atoms with Gasteiger partial charge in [0.1, 0.15) is 0 Å². The molecule has 1 fully saturated rings. The molecule has 1 N–H and O–H groups in total. The molecule has 2 atom stereocenters. The van der Waals surface area contributed by atoms with Gasteiger partial charge in [-0.25, -0.2) is 0 Å². The summed E-state index contributed by atoms with van der Waals surface area (Å²) in [6.07, 6.45) is 2.14. The van der Waals surface area contributed by atoms with E-state index in [9.17, 15) is 4.79 Å². The van der Waals surface area contributed by atoms with Crippen LogP contribution < -0.4 is 5.32 Å². The van der Waals surface area contributed by atoms with Crippen LogP contribution in [0.5, 0.6) is 0 Å². The lowest BCUT2D eigenvalue weighted by molar-refractivity contribution is -0.143. The van der Waals surface area contributed by atoms with Crippen LogP contribution in [-0.2, 0) is 9.53 Å². The first-order valence-electron chi connectivity index (χ1n) is 5.79. The number of hydrogen-bond donors (Lipinski definition) is 1. The average Bonchev–Trinajstić information content (AvgIpc) is 2.83. The third-order valence-corrected chi connectivity index (χ3v) is 3.66. The van der Waals surface area contributed by atoms with Crippen LogP contribution in [0.25, 0.3) is 0 Å². The normalized spacial score (nSPS) is 21.2. The molecule has 1 saturated heterocycles. The topological polar surface area (TPSA) is 38.3 Å². The zero-order chi connectivity index (χ0) is 12.3. The predicted octanol–water partition coefficient (Wildman–Crippen LogP) is 2.46. The van der Waals surface area contributed by atoms with Crippen molar-refractivity contribution in [1.29, 1.82) is 0 Å². The molecule has 0 radical (unpaired) electrons. The Balaban J connectivity index is 2.29. The number of methoxy groups -OCH3 is 1. The van der Waals surface area contributed by atoms with Gasteiger partial charge < -0.3 is 10.1 Å². The van der Waals surface area contributed by atoms with Gasteiger partial charge in [-0.2, -0.15) is 0 Å². The van der Waals surface area contributed by atoms with Crippen LogP contribution in [0, 0.1) is 0 Å². The predicted molar refractivity (Wildman–Crippen MR) is 69.9 cm³/mol. The van der Waals surface area contributed by atoms with E-state index in [0.717, 1.165) is 29.4 Å². The minimum absolute atomic E-state index is 0.164. The summed E-state index contributed by atoms with van der Waals surface area (Å²) >= 11 is 3.44. The van der Waals surface area contributed by atoms with Crippen molar-refractivity contribution in [1.82, 2.24) is 5.32 Å². The summed E-state index contributed by atoms with van der Waals surface area (Å²) in [5, 5.41) is 3.37. The van der Waals surface area contributed by atoms with E-state index in [0.29, 0.717) is 0 Å². The molecule has 0 aromatic heterocycles. The molecule has 0 amide bonds. The molecule has 1 aromatic rings. The SMILES string of the molecule is COC(=O)[C@@H](c1cccc(Br)c1)[C@H]1CCCN1. The molecular formula is C13H16BrNO2. The molecule has 0 bridgehead atoms. The maximum Gasteiger partial charge on any atom is 0.314 e. The summed E-state index contributed by atoms with van der Waals surface area (Å²) in [7, 11) is 1.45. The van der Waals surface area contributed by atoms with E-state index in [1.807, 2.05) is 24.3 Å². The van der Waals surface area contributed by atoms with Gasteiger partial charge in [-0.3, -0.25) is 4.79 Å². The number of carbonyl (C=O) groups excluding carboxylic acids is 1. The zero-order valence-electron chi connectivity index (χ0n) is 9.78. The van der Waals surface area contributed by atoms with E-state index < -0.39 is 0 Å². The van der Waals surface area contributed by atoms with Crippen molar-refractivity contribution in [3.8, 4) is 0 Å². The smallest absolute Gasteiger partial charge is 0.314 e. The van der Waals surface area contributed by atoms with E-state index >= 15 is 0 Å². The van der Waals surface area contributed by atoms with Crippen LogP contribution in [0.2, 0.25) is 0 Å². The summed E-state index contributed by atoms with van der Waals surface area (Å²) in [6, 6.07) is 8.06. The minimum atomic E-state index is -0.208. The number of esters is 1. The lowest BCUT2D eigenvalue weighted by atomic mass is 9.90. The third kappa shape index (κ3) is 2.87. The average molecular weight is 298 g/mol. The van der Waals surface area contributed by atoms with Crippen LogP contribution in [-0.4, -0.2) is 25.7 Å². The number of nitrogens with one attached hydrogen (secondary N) is 1. The van der Waals surface area contributed by atoms with Crippen molar-refractivity contribution in [3.05, 3.63) is 34.3 Å². The Hall–Kier alpha value is -0.870. The Bertz CT molecular complexity index is 402. The van der Waals surface area contributed by atoms with Crippen molar-refractivity contribution >= 4 is 21.9 Å². The number of benzene rings is 1. The molecule has 1 aromatic carbocycles. The fraction of sp³-hybridized carbons (Fsp3) is 0.462. The van der Waals surface area contributed by atoms with E-state index in [1.165, 1.54) is 7.11 Å². The first-order chi connectivity index (χ1) is 8.22. The molecule has 1 aliphatic heterocycles. The Morgan fingerprint density at radius 3 is 3.00 bits per heavy atom. The highest BCUT2D eigenvalue weighted by Gasteiger charge is 2.32. The van der Waals surface area contributed by atoms with Crippen molar-refractivity contribution in [3.63, 3.8) is 0 Å². The summed E-state index contributed by atoms with van der Waals surface area (Å²) in [5.41, 5.74) is 1.01. The van der Waals surface area contributed by atoms with Crippen LogP contribution in [0.15, 0.2) is 28.7 Å². The van der Waals surface area contributed by atoms with Crippen LogP contribution in [0.1, 0.15) is 24.3 Å². The molecule has 0 saturated carbocycles. The minimum Gasteiger partial charge on any atom is -0.469 e. The summed E-state index contributed by atoms with van der Waals surface area (Å²) in [4.78, 5) is 11.9. The summed E-state index contributed by atoms with van der Waals surface area (Å²) in [6.45, 7) is 0.978. The standard InChI is InChI=1S/C13H16BrNO2/c1-17-13(16)12(11-6-3-7-15-11)9-4-2-5-10(14)8-9/h2,4-5,8,11-12,15H,3,6-7H2,1H3/t11-,12+/m1/s1. The Labute approximate surface area is 110 Å². The molecule has 92 valence electrons. The van der Waals surface area contributed by atoms with Crippen molar-refractivity contribution in [2.24, 2.45) is 0 Å². The van der Waals surface area contributed by atoms with Crippen LogP contribution >= 0.6 is 15.9 Å². The van der Waals surface area contributed by atoms with Gasteiger partial charge in [0.05, 0.1) is 13.0 Å².